The number of hydrogen-bond acceptors (Lipinski definition) is 12. The van der Waals surface area contributed by atoms with Gasteiger partial charge in [0, 0.05) is 0 Å². The second-order valence-corrected chi connectivity index (χ2v) is 4.43. The fourth-order valence-corrected chi connectivity index (χ4v) is 1.25. The van der Waals surface area contributed by atoms with E-state index < -0.39 is 34.1 Å². The quantitative estimate of drug-likeness (QED) is 0.211. The minimum atomic E-state index is -5.05. The van der Waals surface area contributed by atoms with Crippen molar-refractivity contribution >= 4 is 147 Å². The topological polar surface area (TPSA) is 314 Å². The van der Waals surface area contributed by atoms with Gasteiger partial charge in [0.25, 0.3) is 0 Å². The van der Waals surface area contributed by atoms with Crippen LogP contribution in [-0.2, 0) is 13.4 Å². The number of rotatable bonds is 2. The second kappa shape index (κ2) is 24.8. The summed E-state index contributed by atoms with van der Waals surface area (Å²) in [5.74, 6) is 0. The Labute approximate surface area is 221 Å². The first-order valence-electron chi connectivity index (χ1n) is 3.37. The van der Waals surface area contributed by atoms with Crippen molar-refractivity contribution in [3.8, 4) is 0 Å². The molecule has 0 heterocycles. The van der Waals surface area contributed by atoms with Gasteiger partial charge in [-0.2, -0.15) is 4.31 Å². The van der Waals surface area contributed by atoms with Gasteiger partial charge in [0.1, 0.15) is 0 Å². The molecule has 4 N–H and O–H groups in total. The maximum atomic E-state index is 9.63. The first-order valence-corrected chi connectivity index (χ1v) is 6.43. The van der Waals surface area contributed by atoms with Crippen LogP contribution >= 0.6 is 15.6 Å². The zero-order valence-electron chi connectivity index (χ0n) is 11.2. The molecule has 0 rings (SSSR count). The van der Waals surface area contributed by atoms with Crippen molar-refractivity contribution in [2.45, 2.75) is 0 Å². The van der Waals surface area contributed by atoms with Crippen LogP contribution in [0.1, 0.15) is 0 Å². The van der Waals surface area contributed by atoms with E-state index in [1.165, 1.54) is 0 Å². The number of carbonyl (C=O) groups excluding carboxylic acids is 3. The zero-order valence-corrected chi connectivity index (χ0v) is 19.6. The van der Waals surface area contributed by atoms with E-state index in [1.807, 2.05) is 0 Å². The Morgan fingerprint density at radius 3 is 0.667 bits per heavy atom. The fourth-order valence-electron chi connectivity index (χ4n) is 0.139. The molecule has 0 aliphatic rings. The van der Waals surface area contributed by atoms with Gasteiger partial charge in [0.2, 0.25) is 0 Å². The predicted octanol–water partition coefficient (Wildman–Crippen LogP) is -9.29. The van der Waals surface area contributed by atoms with E-state index in [2.05, 4.69) is 4.31 Å². The van der Waals surface area contributed by atoms with E-state index in [0.29, 0.717) is 0 Å². The van der Waals surface area contributed by atoms with Gasteiger partial charge in [-0.15, -0.1) is 0 Å². The van der Waals surface area contributed by atoms with E-state index in [1.54, 1.807) is 0 Å². The van der Waals surface area contributed by atoms with Crippen LogP contribution in [0.2, 0.25) is 0 Å². The third kappa shape index (κ3) is 202. The Balaban J connectivity index is -0.0000000334. The van der Waals surface area contributed by atoms with Crippen LogP contribution in [0.3, 0.4) is 0 Å². The minimum Gasteiger partial charge on any atom is -0.652 e. The maximum absolute atomic E-state index is 9.63. The molecule has 0 radical (unpaired) electrons. The molecule has 0 amide bonds. The van der Waals surface area contributed by atoms with Gasteiger partial charge in [0.15, 0.2) is 0 Å². The number of hydrogen-bond donors (Lipinski definition) is 4. The summed E-state index contributed by atoms with van der Waals surface area (Å²) in [7, 11) is -10.1. The van der Waals surface area contributed by atoms with Crippen molar-refractivity contribution in [1.82, 2.24) is 0 Å². The summed E-state index contributed by atoms with van der Waals surface area (Å²) < 4.78 is 22.2. The van der Waals surface area contributed by atoms with Crippen molar-refractivity contribution in [2.24, 2.45) is 0 Å². The first-order chi connectivity index (χ1) is 8.90. The van der Waals surface area contributed by atoms with Crippen LogP contribution in [0, 0.1) is 0 Å². The third-order valence-corrected chi connectivity index (χ3v) is 1.91. The summed E-state index contributed by atoms with van der Waals surface area (Å²) in [6, 6.07) is 0. The van der Waals surface area contributed by atoms with Crippen molar-refractivity contribution < 1.29 is 78.0 Å². The molecule has 0 atom stereocenters. The number of phosphoric acid groups is 2. The predicted molar refractivity (Wildman–Crippen MR) is 58.6 cm³/mol. The van der Waals surface area contributed by atoms with Crippen LogP contribution in [0.4, 0.5) is 14.4 Å². The average Bonchev–Trinajstić information content (AvgIpc) is 1.89. The molecule has 0 aromatic rings. The van der Waals surface area contributed by atoms with Gasteiger partial charge < -0.3 is 64.6 Å². The molecule has 0 aromatic heterocycles. The molecular weight excluding hydrogens is 474 g/mol. The van der Waals surface area contributed by atoms with Gasteiger partial charge in [0.05, 0.1) is 0 Å². The van der Waals surface area contributed by atoms with Crippen LogP contribution < -0.4 is 30.6 Å². The maximum Gasteiger partial charge on any atom is 2.00 e. The Hall–Kier alpha value is 1.85. The van der Waals surface area contributed by atoms with E-state index in [9.17, 15) is 9.13 Å². The van der Waals surface area contributed by atoms with Crippen molar-refractivity contribution in [1.29, 1.82) is 0 Å². The summed E-state index contributed by atoms with van der Waals surface area (Å²) >= 11 is 0. The molecule has 0 aliphatic carbocycles. The summed E-state index contributed by atoms with van der Waals surface area (Å²) in [6.45, 7) is 0. The standard InChI is InChI=1S/3CH2O3.3Ca.H4O7P2/c3*2-1(3)4;;;;1-8(2,3)7-9(4,5)6/h3*(H2,2,3,4);;;;(H2,1,2,3)(H2,4,5,6)/q;;;3*+2;/p-6. The monoisotopic (exact) mass is 478 g/mol. The van der Waals surface area contributed by atoms with E-state index >= 15 is 0 Å². The van der Waals surface area contributed by atoms with Crippen molar-refractivity contribution in [3.05, 3.63) is 0 Å². The van der Waals surface area contributed by atoms with E-state index in [4.69, 9.17) is 64.6 Å². The number of carbonyl (C=O) groups is 3. The Bertz CT molecular complexity index is 350. The Morgan fingerprint density at radius 2 is 0.667 bits per heavy atom. The second-order valence-electron chi connectivity index (χ2n) is 1.81. The van der Waals surface area contributed by atoms with Crippen LogP contribution in [-0.4, -0.2) is 151 Å². The molecular formula is C3H4Ca3O16P2. The smallest absolute Gasteiger partial charge is 0.652 e. The molecule has 16 nitrogen and oxygen atoms in total. The largest absolute Gasteiger partial charge is 2.00 e. The van der Waals surface area contributed by atoms with Crippen LogP contribution in [0.5, 0.6) is 0 Å². The molecule has 0 aromatic carbocycles. The minimum absolute atomic E-state index is 0. The van der Waals surface area contributed by atoms with Crippen LogP contribution in [0.25, 0.3) is 0 Å². The molecule has 0 fully saturated rings. The normalized spacial score (nSPS) is 8.17. The first kappa shape index (κ1) is 44.9. The summed E-state index contributed by atoms with van der Waals surface area (Å²) in [5.41, 5.74) is 0. The Morgan fingerprint density at radius 1 is 0.583 bits per heavy atom. The van der Waals surface area contributed by atoms with Gasteiger partial charge in [-0.25, -0.2) is 9.13 Å². The van der Waals surface area contributed by atoms with Crippen molar-refractivity contribution in [3.63, 3.8) is 0 Å². The molecule has 0 aliphatic heterocycles. The fraction of sp³-hybridized carbons (Fsp3) is 0. The molecule has 24 heavy (non-hydrogen) atoms. The molecule has 0 saturated carbocycles. The van der Waals surface area contributed by atoms with E-state index in [-0.39, 0.29) is 113 Å². The average molecular weight is 478 g/mol. The summed E-state index contributed by atoms with van der Waals surface area (Å²) in [5, 5.41) is 50.0. The Kier molecular flexibility index (Phi) is 46.5. The molecule has 0 unspecified atom stereocenters. The molecule has 0 bridgehead atoms. The van der Waals surface area contributed by atoms with Gasteiger partial charge in [-0.05, 0) is 18.5 Å². The SMILES string of the molecule is O=C([O-])[O-].O=C([O-])[O-].O=C([O-])[O-].O=P(O)(O)OP(=O)(O)O.[Ca+2].[Ca+2].[Ca+2]. The summed E-state index contributed by atoms with van der Waals surface area (Å²) in [6.07, 6.45) is -7.00. The zero-order chi connectivity index (χ0) is 18.4. The van der Waals surface area contributed by atoms with Crippen molar-refractivity contribution in [2.75, 3.05) is 0 Å². The van der Waals surface area contributed by atoms with Gasteiger partial charge in [-0.3, -0.25) is 0 Å². The van der Waals surface area contributed by atoms with Gasteiger partial charge in [-0.1, -0.05) is 0 Å². The third-order valence-electron chi connectivity index (χ3n) is 0.213. The molecule has 0 saturated heterocycles. The summed E-state index contributed by atoms with van der Waals surface area (Å²) in [4.78, 5) is 56.0. The molecule has 128 valence electrons. The van der Waals surface area contributed by atoms with Gasteiger partial charge >= 0.3 is 129 Å². The van der Waals surface area contributed by atoms with Crippen LogP contribution in [0.15, 0.2) is 0 Å². The molecule has 21 heteroatoms. The van der Waals surface area contributed by atoms with E-state index in [0.717, 1.165) is 0 Å². The molecule has 0 spiro atoms. The number of carboxylic acid groups (broad SMARTS) is 6.